The molecule has 3 heteroatoms. The maximum absolute atomic E-state index is 5.55. The highest BCUT2D eigenvalue weighted by atomic mass is 16.5. The first-order valence-electron chi connectivity index (χ1n) is 9.69. The molecule has 1 aromatic carbocycles. The van der Waals surface area contributed by atoms with Crippen molar-refractivity contribution in [2.75, 3.05) is 13.7 Å². The minimum absolute atomic E-state index is 0.870. The first-order valence-corrected chi connectivity index (χ1v) is 9.69. The highest BCUT2D eigenvalue weighted by molar-refractivity contribution is 5.27. The molecule has 138 valence electrons. The van der Waals surface area contributed by atoms with Gasteiger partial charge in [-0.25, -0.2) is 0 Å². The number of furan rings is 1. The van der Waals surface area contributed by atoms with E-state index in [2.05, 4.69) is 30.0 Å². The van der Waals surface area contributed by atoms with E-state index in [0.717, 1.165) is 31.1 Å². The van der Waals surface area contributed by atoms with Crippen molar-refractivity contribution in [2.45, 2.75) is 65.0 Å². The van der Waals surface area contributed by atoms with Crippen molar-refractivity contribution in [3.05, 3.63) is 54.0 Å². The van der Waals surface area contributed by atoms with Gasteiger partial charge in [0.1, 0.15) is 11.5 Å². The van der Waals surface area contributed by atoms with Gasteiger partial charge in [-0.15, -0.1) is 0 Å². The Hall–Kier alpha value is -1.74. The van der Waals surface area contributed by atoms with Crippen LogP contribution in [0.5, 0.6) is 5.75 Å². The minimum Gasteiger partial charge on any atom is -0.497 e. The van der Waals surface area contributed by atoms with E-state index in [1.165, 1.54) is 50.5 Å². The first kappa shape index (κ1) is 19.6. The predicted molar refractivity (Wildman–Crippen MR) is 104 cm³/mol. The second kappa shape index (κ2) is 11.8. The van der Waals surface area contributed by atoms with Crippen LogP contribution in [-0.2, 0) is 13.1 Å². The van der Waals surface area contributed by atoms with Crippen molar-refractivity contribution in [1.82, 2.24) is 4.90 Å². The van der Waals surface area contributed by atoms with Gasteiger partial charge in [-0.1, -0.05) is 57.6 Å². The normalized spacial score (nSPS) is 11.2. The van der Waals surface area contributed by atoms with E-state index in [1.807, 2.05) is 18.2 Å². The molecular formula is C22H33NO2. The van der Waals surface area contributed by atoms with Crippen molar-refractivity contribution < 1.29 is 9.15 Å². The van der Waals surface area contributed by atoms with Crippen LogP contribution in [0.25, 0.3) is 0 Å². The van der Waals surface area contributed by atoms with Gasteiger partial charge in [-0.05, 0) is 42.8 Å². The summed E-state index contributed by atoms with van der Waals surface area (Å²) in [5, 5.41) is 0. The van der Waals surface area contributed by atoms with Crippen molar-refractivity contribution in [3.63, 3.8) is 0 Å². The molecule has 0 spiro atoms. The van der Waals surface area contributed by atoms with E-state index in [1.54, 1.807) is 13.4 Å². The zero-order valence-electron chi connectivity index (χ0n) is 15.9. The van der Waals surface area contributed by atoms with Crippen LogP contribution in [0.4, 0.5) is 0 Å². The topological polar surface area (TPSA) is 25.6 Å². The summed E-state index contributed by atoms with van der Waals surface area (Å²) in [7, 11) is 1.71. The fraction of sp³-hybridized carbons (Fsp3) is 0.545. The van der Waals surface area contributed by atoms with Crippen molar-refractivity contribution in [3.8, 4) is 5.75 Å². The minimum atomic E-state index is 0.870. The van der Waals surface area contributed by atoms with E-state index in [9.17, 15) is 0 Å². The molecule has 0 aliphatic rings. The fourth-order valence-corrected chi connectivity index (χ4v) is 3.12. The van der Waals surface area contributed by atoms with Gasteiger partial charge in [0.05, 0.1) is 19.9 Å². The molecule has 2 rings (SSSR count). The quantitative estimate of drug-likeness (QED) is 0.415. The molecule has 0 bridgehead atoms. The molecule has 0 radical (unpaired) electrons. The molecule has 1 heterocycles. The Balaban J connectivity index is 1.80. The highest BCUT2D eigenvalue weighted by Crippen LogP contribution is 2.16. The van der Waals surface area contributed by atoms with E-state index >= 15 is 0 Å². The Morgan fingerprint density at radius 1 is 0.880 bits per heavy atom. The summed E-state index contributed by atoms with van der Waals surface area (Å²) in [4.78, 5) is 2.48. The van der Waals surface area contributed by atoms with Gasteiger partial charge < -0.3 is 9.15 Å². The van der Waals surface area contributed by atoms with Crippen LogP contribution < -0.4 is 4.74 Å². The van der Waals surface area contributed by atoms with Crippen LogP contribution in [0.2, 0.25) is 0 Å². The standard InChI is InChI=1S/C22H33NO2/c1-3-4-5-6-7-8-9-16-23(19-22-11-10-17-25-22)18-20-12-14-21(24-2)15-13-20/h10-15,17H,3-9,16,18-19H2,1-2H3. The summed E-state index contributed by atoms with van der Waals surface area (Å²) in [6.07, 6.45) is 11.2. The number of methoxy groups -OCH3 is 1. The summed E-state index contributed by atoms with van der Waals surface area (Å²) in [5.41, 5.74) is 1.32. The van der Waals surface area contributed by atoms with Gasteiger partial charge >= 0.3 is 0 Å². The summed E-state index contributed by atoms with van der Waals surface area (Å²) in [6, 6.07) is 12.4. The molecule has 0 unspecified atom stereocenters. The van der Waals surface area contributed by atoms with E-state index in [-0.39, 0.29) is 0 Å². The molecule has 0 atom stereocenters. The third-order valence-electron chi connectivity index (χ3n) is 4.60. The molecule has 0 fully saturated rings. The Morgan fingerprint density at radius 3 is 2.24 bits per heavy atom. The number of unbranched alkanes of at least 4 members (excludes halogenated alkanes) is 6. The molecular weight excluding hydrogens is 310 g/mol. The molecule has 1 aromatic heterocycles. The maximum atomic E-state index is 5.55. The lowest BCUT2D eigenvalue weighted by Gasteiger charge is -2.21. The number of hydrogen-bond donors (Lipinski definition) is 0. The summed E-state index contributed by atoms with van der Waals surface area (Å²) in [5.74, 6) is 1.95. The van der Waals surface area contributed by atoms with Crippen LogP contribution in [0.3, 0.4) is 0 Å². The smallest absolute Gasteiger partial charge is 0.118 e. The molecule has 0 aliphatic heterocycles. The lowest BCUT2D eigenvalue weighted by atomic mass is 10.1. The Bertz CT molecular complexity index is 548. The summed E-state index contributed by atoms with van der Waals surface area (Å²) >= 11 is 0. The van der Waals surface area contributed by atoms with Gasteiger partial charge in [0.2, 0.25) is 0 Å². The molecule has 3 nitrogen and oxygen atoms in total. The van der Waals surface area contributed by atoms with Gasteiger partial charge in [0.25, 0.3) is 0 Å². The fourth-order valence-electron chi connectivity index (χ4n) is 3.12. The van der Waals surface area contributed by atoms with Crippen LogP contribution in [0.1, 0.15) is 63.2 Å². The van der Waals surface area contributed by atoms with Gasteiger partial charge in [0, 0.05) is 6.54 Å². The second-order valence-corrected chi connectivity index (χ2v) is 6.76. The van der Waals surface area contributed by atoms with E-state index in [4.69, 9.17) is 9.15 Å². The SMILES string of the molecule is CCCCCCCCCN(Cc1ccc(OC)cc1)Cc1ccco1. The Kier molecular flexibility index (Phi) is 9.21. The first-order chi connectivity index (χ1) is 12.3. The average molecular weight is 344 g/mol. The number of ether oxygens (including phenoxy) is 1. The lowest BCUT2D eigenvalue weighted by molar-refractivity contribution is 0.230. The predicted octanol–water partition coefficient (Wildman–Crippen LogP) is 6.04. The summed E-state index contributed by atoms with van der Waals surface area (Å²) < 4.78 is 10.8. The maximum Gasteiger partial charge on any atom is 0.118 e. The number of rotatable bonds is 13. The van der Waals surface area contributed by atoms with Crippen LogP contribution in [0, 0.1) is 0 Å². The molecule has 2 aromatic rings. The van der Waals surface area contributed by atoms with Gasteiger partial charge in [0.15, 0.2) is 0 Å². The van der Waals surface area contributed by atoms with Crippen LogP contribution in [-0.4, -0.2) is 18.6 Å². The Labute approximate surface area is 153 Å². The highest BCUT2D eigenvalue weighted by Gasteiger charge is 2.09. The van der Waals surface area contributed by atoms with Crippen molar-refractivity contribution in [1.29, 1.82) is 0 Å². The monoisotopic (exact) mass is 343 g/mol. The number of hydrogen-bond acceptors (Lipinski definition) is 3. The van der Waals surface area contributed by atoms with Crippen molar-refractivity contribution in [2.24, 2.45) is 0 Å². The zero-order valence-corrected chi connectivity index (χ0v) is 15.9. The van der Waals surface area contributed by atoms with Crippen molar-refractivity contribution >= 4 is 0 Å². The number of nitrogens with zero attached hydrogens (tertiary/aromatic N) is 1. The van der Waals surface area contributed by atoms with Gasteiger partial charge in [-0.2, -0.15) is 0 Å². The van der Waals surface area contributed by atoms with Crippen LogP contribution in [0.15, 0.2) is 47.1 Å². The Morgan fingerprint density at radius 2 is 1.60 bits per heavy atom. The molecule has 0 N–H and O–H groups in total. The molecule has 0 aliphatic carbocycles. The molecule has 0 amide bonds. The second-order valence-electron chi connectivity index (χ2n) is 6.76. The average Bonchev–Trinajstić information content (AvgIpc) is 3.14. The number of benzene rings is 1. The largest absolute Gasteiger partial charge is 0.497 e. The van der Waals surface area contributed by atoms with E-state index < -0.39 is 0 Å². The molecule has 0 saturated carbocycles. The lowest BCUT2D eigenvalue weighted by Crippen LogP contribution is -2.23. The summed E-state index contributed by atoms with van der Waals surface area (Å²) in [6.45, 7) is 5.20. The third kappa shape index (κ3) is 7.78. The third-order valence-corrected chi connectivity index (χ3v) is 4.60. The zero-order chi connectivity index (χ0) is 17.7. The molecule has 25 heavy (non-hydrogen) atoms. The van der Waals surface area contributed by atoms with Gasteiger partial charge in [-0.3, -0.25) is 4.90 Å². The van der Waals surface area contributed by atoms with E-state index in [0.29, 0.717) is 0 Å². The molecule has 0 saturated heterocycles. The van der Waals surface area contributed by atoms with Crippen LogP contribution >= 0.6 is 0 Å².